The lowest BCUT2D eigenvalue weighted by atomic mass is 10.0. The number of nitrogens with one attached hydrogen (secondary N) is 1. The van der Waals surface area contributed by atoms with Gasteiger partial charge in [-0.25, -0.2) is 4.39 Å². The topological polar surface area (TPSA) is 38.3 Å². The molecule has 4 heteroatoms. The van der Waals surface area contributed by atoms with E-state index in [-0.39, 0.29) is 18.1 Å². The molecular formula is C19H22FNO2. The van der Waals surface area contributed by atoms with Crippen molar-refractivity contribution in [2.45, 2.75) is 26.2 Å². The molecular weight excluding hydrogens is 293 g/mol. The van der Waals surface area contributed by atoms with E-state index in [4.69, 9.17) is 4.74 Å². The average molecular weight is 315 g/mol. The van der Waals surface area contributed by atoms with Gasteiger partial charge in [-0.1, -0.05) is 38.1 Å². The summed E-state index contributed by atoms with van der Waals surface area (Å²) in [5.74, 6) is 0.861. The van der Waals surface area contributed by atoms with Crippen molar-refractivity contribution in [2.75, 3.05) is 13.2 Å². The van der Waals surface area contributed by atoms with E-state index in [1.165, 1.54) is 17.7 Å². The van der Waals surface area contributed by atoms with Gasteiger partial charge >= 0.3 is 0 Å². The van der Waals surface area contributed by atoms with E-state index in [1.54, 1.807) is 12.1 Å². The predicted octanol–water partition coefficient (Wildman–Crippen LogP) is 3.69. The lowest BCUT2D eigenvalue weighted by molar-refractivity contribution is -0.120. The lowest BCUT2D eigenvalue weighted by Gasteiger charge is -2.10. The molecule has 0 radical (unpaired) electrons. The third-order valence-electron chi connectivity index (χ3n) is 3.50. The number of amides is 1. The Morgan fingerprint density at radius 3 is 2.61 bits per heavy atom. The minimum absolute atomic E-state index is 0.101. The first-order chi connectivity index (χ1) is 11.0. The van der Waals surface area contributed by atoms with E-state index in [1.807, 2.05) is 18.2 Å². The van der Waals surface area contributed by atoms with E-state index in [0.717, 1.165) is 11.3 Å². The summed E-state index contributed by atoms with van der Waals surface area (Å²) in [7, 11) is 0. The maximum Gasteiger partial charge on any atom is 0.224 e. The van der Waals surface area contributed by atoms with Gasteiger partial charge in [0.25, 0.3) is 0 Å². The number of ether oxygens (including phenoxy) is 1. The van der Waals surface area contributed by atoms with Gasteiger partial charge in [0.2, 0.25) is 5.91 Å². The molecule has 122 valence electrons. The van der Waals surface area contributed by atoms with Crippen LogP contribution >= 0.6 is 0 Å². The Morgan fingerprint density at radius 1 is 1.17 bits per heavy atom. The van der Waals surface area contributed by atoms with Gasteiger partial charge in [-0.2, -0.15) is 0 Å². The fraction of sp³-hybridized carbons (Fsp3) is 0.316. The quantitative estimate of drug-likeness (QED) is 0.791. The van der Waals surface area contributed by atoms with Crippen LogP contribution in [-0.4, -0.2) is 19.1 Å². The summed E-state index contributed by atoms with van der Waals surface area (Å²) in [5, 5.41) is 2.80. The van der Waals surface area contributed by atoms with Crippen molar-refractivity contribution >= 4 is 5.91 Å². The van der Waals surface area contributed by atoms with Crippen molar-refractivity contribution in [3.05, 3.63) is 65.5 Å². The Morgan fingerprint density at radius 2 is 1.91 bits per heavy atom. The predicted molar refractivity (Wildman–Crippen MR) is 89.1 cm³/mol. The van der Waals surface area contributed by atoms with Crippen molar-refractivity contribution in [1.29, 1.82) is 0 Å². The van der Waals surface area contributed by atoms with Crippen molar-refractivity contribution in [2.24, 2.45) is 0 Å². The van der Waals surface area contributed by atoms with Crippen molar-refractivity contribution < 1.29 is 13.9 Å². The molecule has 0 atom stereocenters. The van der Waals surface area contributed by atoms with Gasteiger partial charge in [0, 0.05) is 0 Å². The largest absolute Gasteiger partial charge is 0.492 e. The van der Waals surface area contributed by atoms with Gasteiger partial charge in [-0.3, -0.25) is 4.79 Å². The van der Waals surface area contributed by atoms with Crippen LogP contribution in [0.4, 0.5) is 4.39 Å². The third-order valence-corrected chi connectivity index (χ3v) is 3.50. The van der Waals surface area contributed by atoms with Crippen LogP contribution in [0.15, 0.2) is 48.5 Å². The van der Waals surface area contributed by atoms with E-state index in [2.05, 4.69) is 25.2 Å². The molecule has 1 amide bonds. The SMILES string of the molecule is CC(C)c1cccc(OCCNC(=O)Cc2ccc(F)cc2)c1. The average Bonchev–Trinajstić information content (AvgIpc) is 2.54. The zero-order valence-electron chi connectivity index (χ0n) is 13.5. The molecule has 2 aromatic carbocycles. The van der Waals surface area contributed by atoms with E-state index in [0.29, 0.717) is 19.1 Å². The van der Waals surface area contributed by atoms with Crippen LogP contribution in [0.2, 0.25) is 0 Å². The molecule has 0 fully saturated rings. The summed E-state index contributed by atoms with van der Waals surface area (Å²) >= 11 is 0. The smallest absolute Gasteiger partial charge is 0.224 e. The standard InChI is InChI=1S/C19H22FNO2/c1-14(2)16-4-3-5-18(13-16)23-11-10-21-19(22)12-15-6-8-17(20)9-7-15/h3-9,13-14H,10-12H2,1-2H3,(H,21,22). The summed E-state index contributed by atoms with van der Waals surface area (Å²) < 4.78 is 18.4. The number of benzene rings is 2. The maximum absolute atomic E-state index is 12.8. The number of carbonyl (C=O) groups excluding carboxylic acids is 1. The highest BCUT2D eigenvalue weighted by atomic mass is 19.1. The molecule has 0 aromatic heterocycles. The Kier molecular flexibility index (Phi) is 6.15. The lowest BCUT2D eigenvalue weighted by Crippen LogP contribution is -2.29. The maximum atomic E-state index is 12.8. The van der Waals surface area contributed by atoms with Crippen molar-refractivity contribution in [1.82, 2.24) is 5.32 Å². The Bertz CT molecular complexity index is 638. The molecule has 0 aliphatic heterocycles. The molecule has 0 saturated carbocycles. The number of hydrogen-bond donors (Lipinski definition) is 1. The monoisotopic (exact) mass is 315 g/mol. The van der Waals surface area contributed by atoms with Crippen LogP contribution in [0.1, 0.15) is 30.9 Å². The molecule has 0 spiro atoms. The molecule has 0 aliphatic rings. The van der Waals surface area contributed by atoms with Crippen LogP contribution in [0.25, 0.3) is 0 Å². The first-order valence-electron chi connectivity index (χ1n) is 7.78. The first-order valence-corrected chi connectivity index (χ1v) is 7.78. The second-order valence-electron chi connectivity index (χ2n) is 5.73. The summed E-state index contributed by atoms with van der Waals surface area (Å²) in [6, 6.07) is 13.9. The molecule has 0 saturated heterocycles. The molecule has 2 rings (SSSR count). The van der Waals surface area contributed by atoms with Gasteiger partial charge in [0.05, 0.1) is 13.0 Å². The number of hydrogen-bond acceptors (Lipinski definition) is 2. The molecule has 2 aromatic rings. The summed E-state index contributed by atoms with van der Waals surface area (Å²) in [6.07, 6.45) is 0.239. The summed E-state index contributed by atoms with van der Waals surface area (Å²) in [6.45, 7) is 5.12. The minimum atomic E-state index is -0.300. The Labute approximate surface area is 136 Å². The van der Waals surface area contributed by atoms with E-state index in [9.17, 15) is 9.18 Å². The highest BCUT2D eigenvalue weighted by Gasteiger charge is 2.04. The summed E-state index contributed by atoms with van der Waals surface area (Å²) in [4.78, 5) is 11.8. The molecule has 23 heavy (non-hydrogen) atoms. The van der Waals surface area contributed by atoms with Gasteiger partial charge < -0.3 is 10.1 Å². The minimum Gasteiger partial charge on any atom is -0.492 e. The van der Waals surface area contributed by atoms with Crippen LogP contribution in [-0.2, 0) is 11.2 Å². The van der Waals surface area contributed by atoms with Crippen molar-refractivity contribution in [3.8, 4) is 5.75 Å². The molecule has 3 nitrogen and oxygen atoms in total. The fourth-order valence-corrected chi connectivity index (χ4v) is 2.17. The number of carbonyl (C=O) groups is 1. The Hall–Kier alpha value is -2.36. The molecule has 0 heterocycles. The second-order valence-corrected chi connectivity index (χ2v) is 5.73. The van der Waals surface area contributed by atoms with E-state index < -0.39 is 0 Å². The highest BCUT2D eigenvalue weighted by molar-refractivity contribution is 5.78. The molecule has 0 unspecified atom stereocenters. The van der Waals surface area contributed by atoms with E-state index >= 15 is 0 Å². The van der Waals surface area contributed by atoms with Gasteiger partial charge in [-0.15, -0.1) is 0 Å². The third kappa shape index (κ3) is 5.74. The molecule has 0 aliphatic carbocycles. The van der Waals surface area contributed by atoms with Crippen LogP contribution in [0.5, 0.6) is 5.75 Å². The molecule has 0 bridgehead atoms. The summed E-state index contributed by atoms with van der Waals surface area (Å²) in [5.41, 5.74) is 2.01. The zero-order valence-corrected chi connectivity index (χ0v) is 13.5. The fourth-order valence-electron chi connectivity index (χ4n) is 2.17. The Balaban J connectivity index is 1.71. The zero-order chi connectivity index (χ0) is 16.7. The number of halogens is 1. The van der Waals surface area contributed by atoms with Gasteiger partial charge in [0.15, 0.2) is 0 Å². The van der Waals surface area contributed by atoms with Crippen LogP contribution < -0.4 is 10.1 Å². The highest BCUT2D eigenvalue weighted by Crippen LogP contribution is 2.19. The van der Waals surface area contributed by atoms with Gasteiger partial charge in [-0.05, 0) is 41.3 Å². The van der Waals surface area contributed by atoms with Crippen LogP contribution in [0.3, 0.4) is 0 Å². The van der Waals surface area contributed by atoms with Crippen molar-refractivity contribution in [3.63, 3.8) is 0 Å². The number of rotatable bonds is 7. The second kappa shape index (κ2) is 8.32. The molecule has 1 N–H and O–H groups in total. The van der Waals surface area contributed by atoms with Crippen LogP contribution in [0, 0.1) is 5.82 Å². The van der Waals surface area contributed by atoms with Gasteiger partial charge in [0.1, 0.15) is 18.2 Å². The normalized spacial score (nSPS) is 10.6. The first kappa shape index (κ1) is 17.0.